The Morgan fingerprint density at radius 1 is 1.41 bits per heavy atom. The zero-order valence-corrected chi connectivity index (χ0v) is 10.5. The molecule has 1 atom stereocenters. The van der Waals surface area contributed by atoms with Crippen LogP contribution in [0.5, 0.6) is 0 Å². The first-order valence-electron chi connectivity index (χ1n) is 5.01. The van der Waals surface area contributed by atoms with E-state index in [1.807, 2.05) is 6.07 Å². The summed E-state index contributed by atoms with van der Waals surface area (Å²) in [6.45, 7) is -1.20. The molecule has 0 aromatic carbocycles. The van der Waals surface area contributed by atoms with Crippen LogP contribution in [0.1, 0.15) is 11.3 Å². The highest BCUT2D eigenvalue weighted by atomic mass is 35.5. The third kappa shape index (κ3) is 6.88. The lowest BCUT2D eigenvalue weighted by Crippen LogP contribution is -2.25. The molecular formula is C10H13ClF3NOS. The third-order valence-electron chi connectivity index (χ3n) is 1.99. The standard InChI is InChI=1S/C10H13ClF3NOS/c11-9-2-1-8(17-9)5-7(15)3-4-16-6-10(12,13)14/h1-2,7H,3-6,15H2. The van der Waals surface area contributed by atoms with Crippen molar-refractivity contribution in [3.63, 3.8) is 0 Å². The van der Waals surface area contributed by atoms with Gasteiger partial charge in [0.25, 0.3) is 0 Å². The highest BCUT2D eigenvalue weighted by Crippen LogP contribution is 2.22. The van der Waals surface area contributed by atoms with Crippen molar-refractivity contribution in [3.05, 3.63) is 21.3 Å². The Balaban J connectivity index is 2.15. The van der Waals surface area contributed by atoms with E-state index in [0.29, 0.717) is 17.2 Å². The van der Waals surface area contributed by atoms with Crippen LogP contribution in [0.4, 0.5) is 13.2 Å². The fourth-order valence-electron chi connectivity index (χ4n) is 1.24. The van der Waals surface area contributed by atoms with Gasteiger partial charge in [-0.05, 0) is 25.0 Å². The molecule has 1 unspecified atom stereocenters. The number of ether oxygens (including phenoxy) is 1. The summed E-state index contributed by atoms with van der Waals surface area (Å²) in [5.74, 6) is 0. The van der Waals surface area contributed by atoms with Gasteiger partial charge in [0.2, 0.25) is 0 Å². The van der Waals surface area contributed by atoms with Gasteiger partial charge in [0, 0.05) is 17.5 Å². The van der Waals surface area contributed by atoms with Crippen molar-refractivity contribution in [2.24, 2.45) is 5.73 Å². The lowest BCUT2D eigenvalue weighted by atomic mass is 10.1. The minimum Gasteiger partial charge on any atom is -0.372 e. The van der Waals surface area contributed by atoms with Crippen molar-refractivity contribution < 1.29 is 17.9 Å². The summed E-state index contributed by atoms with van der Waals surface area (Å²) in [5.41, 5.74) is 5.77. The van der Waals surface area contributed by atoms with Crippen LogP contribution in [-0.2, 0) is 11.2 Å². The van der Waals surface area contributed by atoms with E-state index in [9.17, 15) is 13.2 Å². The molecule has 0 amide bonds. The number of halogens is 4. The highest BCUT2D eigenvalue weighted by molar-refractivity contribution is 7.16. The summed E-state index contributed by atoms with van der Waals surface area (Å²) in [5, 5.41) is 0. The first kappa shape index (κ1) is 14.8. The van der Waals surface area contributed by atoms with Crippen LogP contribution in [0.3, 0.4) is 0 Å². The molecular weight excluding hydrogens is 275 g/mol. The summed E-state index contributed by atoms with van der Waals surface area (Å²) < 4.78 is 40.4. The monoisotopic (exact) mass is 287 g/mol. The zero-order chi connectivity index (χ0) is 12.9. The average molecular weight is 288 g/mol. The van der Waals surface area contributed by atoms with Crippen LogP contribution in [0.15, 0.2) is 12.1 Å². The molecule has 1 aromatic heterocycles. The van der Waals surface area contributed by atoms with E-state index in [-0.39, 0.29) is 12.6 Å². The van der Waals surface area contributed by atoms with Crippen molar-refractivity contribution in [1.82, 2.24) is 0 Å². The molecule has 17 heavy (non-hydrogen) atoms. The van der Waals surface area contributed by atoms with E-state index in [4.69, 9.17) is 17.3 Å². The largest absolute Gasteiger partial charge is 0.411 e. The van der Waals surface area contributed by atoms with Crippen molar-refractivity contribution in [2.75, 3.05) is 13.2 Å². The number of rotatable bonds is 6. The van der Waals surface area contributed by atoms with Gasteiger partial charge in [0.15, 0.2) is 0 Å². The first-order chi connectivity index (χ1) is 7.87. The maximum Gasteiger partial charge on any atom is 0.411 e. The van der Waals surface area contributed by atoms with Crippen molar-refractivity contribution in [3.8, 4) is 0 Å². The molecule has 0 aliphatic rings. The van der Waals surface area contributed by atoms with Gasteiger partial charge < -0.3 is 10.5 Å². The maximum atomic E-state index is 11.8. The Morgan fingerprint density at radius 3 is 2.65 bits per heavy atom. The lowest BCUT2D eigenvalue weighted by Gasteiger charge is -2.11. The van der Waals surface area contributed by atoms with E-state index in [0.717, 1.165) is 4.88 Å². The van der Waals surface area contributed by atoms with Crippen molar-refractivity contribution in [2.45, 2.75) is 25.1 Å². The summed E-state index contributed by atoms with van der Waals surface area (Å²) in [7, 11) is 0. The zero-order valence-electron chi connectivity index (χ0n) is 8.97. The predicted molar refractivity (Wildman–Crippen MR) is 62.5 cm³/mol. The van der Waals surface area contributed by atoms with Crippen LogP contribution in [0.2, 0.25) is 4.34 Å². The van der Waals surface area contributed by atoms with E-state index in [1.54, 1.807) is 6.07 Å². The summed E-state index contributed by atoms with van der Waals surface area (Å²) >= 11 is 7.17. The minimum atomic E-state index is -4.27. The van der Waals surface area contributed by atoms with E-state index in [2.05, 4.69) is 4.74 Å². The molecule has 0 saturated heterocycles. The molecule has 0 saturated carbocycles. The Hall–Kier alpha value is -0.300. The summed E-state index contributed by atoms with van der Waals surface area (Å²) in [6, 6.07) is 3.43. The normalized spacial score (nSPS) is 13.9. The lowest BCUT2D eigenvalue weighted by molar-refractivity contribution is -0.174. The molecule has 2 nitrogen and oxygen atoms in total. The van der Waals surface area contributed by atoms with Crippen LogP contribution in [0, 0.1) is 0 Å². The molecule has 0 spiro atoms. The molecule has 0 aliphatic carbocycles. The molecule has 1 aromatic rings. The molecule has 7 heteroatoms. The van der Waals surface area contributed by atoms with Gasteiger partial charge in [0.05, 0.1) is 4.34 Å². The fourth-order valence-corrected chi connectivity index (χ4v) is 2.42. The average Bonchev–Trinajstić information content (AvgIpc) is 2.57. The molecule has 1 heterocycles. The second-order valence-corrected chi connectivity index (χ2v) is 5.43. The Bertz CT molecular complexity index is 343. The second-order valence-electron chi connectivity index (χ2n) is 3.63. The van der Waals surface area contributed by atoms with E-state index in [1.165, 1.54) is 11.3 Å². The van der Waals surface area contributed by atoms with Crippen LogP contribution in [-0.4, -0.2) is 25.4 Å². The van der Waals surface area contributed by atoms with Gasteiger partial charge in [-0.15, -0.1) is 11.3 Å². The van der Waals surface area contributed by atoms with Crippen molar-refractivity contribution in [1.29, 1.82) is 0 Å². The fraction of sp³-hybridized carbons (Fsp3) is 0.600. The molecule has 1 rings (SSSR count). The van der Waals surface area contributed by atoms with E-state index >= 15 is 0 Å². The minimum absolute atomic E-state index is 0.0137. The van der Waals surface area contributed by atoms with Gasteiger partial charge in [-0.25, -0.2) is 0 Å². The SMILES string of the molecule is NC(CCOCC(F)(F)F)Cc1ccc(Cl)s1. The van der Waals surface area contributed by atoms with Crippen LogP contribution < -0.4 is 5.73 Å². The molecule has 0 radical (unpaired) electrons. The Kier molecular flexibility index (Phi) is 5.72. The summed E-state index contributed by atoms with van der Waals surface area (Å²) in [6.07, 6.45) is -3.27. The summed E-state index contributed by atoms with van der Waals surface area (Å²) in [4.78, 5) is 1.03. The van der Waals surface area contributed by atoms with Gasteiger partial charge >= 0.3 is 6.18 Å². The molecule has 0 fully saturated rings. The molecule has 2 N–H and O–H groups in total. The van der Waals surface area contributed by atoms with Gasteiger partial charge in [0.1, 0.15) is 6.61 Å². The van der Waals surface area contributed by atoms with Gasteiger partial charge in [-0.3, -0.25) is 0 Å². The maximum absolute atomic E-state index is 11.8. The molecule has 98 valence electrons. The number of hydrogen-bond donors (Lipinski definition) is 1. The molecule has 0 bridgehead atoms. The van der Waals surface area contributed by atoms with Crippen molar-refractivity contribution >= 4 is 22.9 Å². The van der Waals surface area contributed by atoms with Crippen LogP contribution in [0.25, 0.3) is 0 Å². The number of hydrogen-bond acceptors (Lipinski definition) is 3. The first-order valence-corrected chi connectivity index (χ1v) is 6.20. The van der Waals surface area contributed by atoms with Gasteiger partial charge in [-0.2, -0.15) is 13.2 Å². The smallest absolute Gasteiger partial charge is 0.372 e. The topological polar surface area (TPSA) is 35.2 Å². The molecule has 0 aliphatic heterocycles. The second kappa shape index (κ2) is 6.58. The number of nitrogens with two attached hydrogens (primary N) is 1. The quantitative estimate of drug-likeness (QED) is 0.815. The highest BCUT2D eigenvalue weighted by Gasteiger charge is 2.27. The number of alkyl halides is 3. The van der Waals surface area contributed by atoms with Gasteiger partial charge in [-0.1, -0.05) is 11.6 Å². The third-order valence-corrected chi connectivity index (χ3v) is 3.24. The van der Waals surface area contributed by atoms with E-state index < -0.39 is 12.8 Å². The predicted octanol–water partition coefficient (Wildman–Crippen LogP) is 3.24. The Labute approximate surface area is 107 Å². The van der Waals surface area contributed by atoms with Crippen LogP contribution >= 0.6 is 22.9 Å². The Morgan fingerprint density at radius 2 is 2.12 bits per heavy atom. The number of thiophene rings is 1.